The van der Waals surface area contributed by atoms with Crippen LogP contribution in [-0.4, -0.2) is 23.2 Å². The summed E-state index contributed by atoms with van der Waals surface area (Å²) in [5.41, 5.74) is 8.44. The zero-order valence-electron chi connectivity index (χ0n) is 19.1. The fourth-order valence-corrected chi connectivity index (χ4v) is 6.86. The Morgan fingerprint density at radius 2 is 1.09 bits per heavy atom. The number of hydrazone groups is 2. The van der Waals surface area contributed by atoms with Crippen molar-refractivity contribution in [3.05, 3.63) is 35.4 Å². The zero-order valence-corrected chi connectivity index (χ0v) is 19.1. The zero-order chi connectivity index (χ0) is 22.2. The lowest BCUT2D eigenvalue weighted by atomic mass is 9.86. The van der Waals surface area contributed by atoms with Crippen LogP contribution in [0.15, 0.2) is 34.5 Å². The first-order valence-corrected chi connectivity index (χ1v) is 12.3. The van der Waals surface area contributed by atoms with Gasteiger partial charge in [0.05, 0.1) is 0 Å². The van der Waals surface area contributed by atoms with Gasteiger partial charge < -0.3 is 0 Å². The molecule has 0 aliphatic heterocycles. The highest BCUT2D eigenvalue weighted by atomic mass is 16.2. The fourth-order valence-electron chi connectivity index (χ4n) is 6.86. The van der Waals surface area contributed by atoms with Crippen LogP contribution in [0.4, 0.5) is 0 Å². The Morgan fingerprint density at radius 1 is 0.688 bits per heavy atom. The molecule has 6 heteroatoms. The number of fused-ring (bicyclic) bond motifs is 4. The number of benzene rings is 1. The maximum atomic E-state index is 12.5. The van der Waals surface area contributed by atoms with Gasteiger partial charge in [0.15, 0.2) is 0 Å². The number of carbonyl (C=O) groups excluding carboxylic acids is 2. The van der Waals surface area contributed by atoms with Gasteiger partial charge in [0.2, 0.25) is 0 Å². The molecule has 32 heavy (non-hydrogen) atoms. The van der Waals surface area contributed by atoms with Gasteiger partial charge >= 0.3 is 0 Å². The Morgan fingerprint density at radius 3 is 1.41 bits per heavy atom. The smallest absolute Gasteiger partial charge is 0.267 e. The fraction of sp³-hybridized carbons (Fsp3) is 0.615. The van der Waals surface area contributed by atoms with Crippen LogP contribution < -0.4 is 10.9 Å². The molecule has 4 fully saturated rings. The van der Waals surface area contributed by atoms with E-state index < -0.39 is 0 Å². The number of rotatable bonds is 6. The highest BCUT2D eigenvalue weighted by Gasteiger charge is 2.41. The number of nitrogens with one attached hydrogen (secondary N) is 2. The molecule has 2 N–H and O–H groups in total. The standard InChI is InChI=1S/C26H34N4O2/c1-15(23-13-17-3-5-21(23)11-17)27-29-25(31)19-7-9-20(10-8-19)26(32)30-28-16(2)24-14-18-4-6-22(24)12-18/h7-10,17-18,21-24H,3-6,11-14H2,1-2H3,(H,29,31)(H,30,32)/b27-15+,28-16+. The Labute approximate surface area is 190 Å². The number of hydrogen-bond donors (Lipinski definition) is 2. The second kappa shape index (κ2) is 8.80. The molecule has 0 spiro atoms. The summed E-state index contributed by atoms with van der Waals surface area (Å²) in [5, 5.41) is 8.76. The molecule has 4 bridgehead atoms. The van der Waals surface area contributed by atoms with Gasteiger partial charge in [-0.25, -0.2) is 10.9 Å². The third-order valence-corrected chi connectivity index (χ3v) is 8.63. The lowest BCUT2D eigenvalue weighted by Gasteiger charge is -2.21. The number of hydrogen-bond acceptors (Lipinski definition) is 4. The average Bonchev–Trinajstić information content (AvgIpc) is 3.62. The predicted octanol–water partition coefficient (Wildman–Crippen LogP) is 4.77. The van der Waals surface area contributed by atoms with Crippen molar-refractivity contribution < 1.29 is 9.59 Å². The topological polar surface area (TPSA) is 82.9 Å². The molecule has 1 aromatic rings. The average molecular weight is 435 g/mol. The van der Waals surface area contributed by atoms with Crippen LogP contribution in [0, 0.1) is 35.5 Å². The molecule has 6 nitrogen and oxygen atoms in total. The van der Waals surface area contributed by atoms with Crippen molar-refractivity contribution in [3.63, 3.8) is 0 Å². The van der Waals surface area contributed by atoms with Crippen molar-refractivity contribution in [1.29, 1.82) is 0 Å². The second-order valence-corrected chi connectivity index (χ2v) is 10.5. The third kappa shape index (κ3) is 4.24. The Bertz CT molecular complexity index is 874. The number of amides is 2. The molecule has 0 saturated heterocycles. The van der Waals surface area contributed by atoms with Crippen LogP contribution in [0.25, 0.3) is 0 Å². The minimum atomic E-state index is -0.246. The van der Waals surface area contributed by atoms with E-state index in [-0.39, 0.29) is 11.8 Å². The summed E-state index contributed by atoms with van der Waals surface area (Å²) in [6.07, 6.45) is 10.4. The number of carbonyl (C=O) groups is 2. The summed E-state index contributed by atoms with van der Waals surface area (Å²) >= 11 is 0. The monoisotopic (exact) mass is 434 g/mol. The maximum Gasteiger partial charge on any atom is 0.271 e. The molecule has 6 unspecified atom stereocenters. The minimum Gasteiger partial charge on any atom is -0.267 e. The van der Waals surface area contributed by atoms with E-state index in [1.807, 2.05) is 13.8 Å². The van der Waals surface area contributed by atoms with Gasteiger partial charge in [-0.2, -0.15) is 10.2 Å². The summed E-state index contributed by atoms with van der Waals surface area (Å²) in [7, 11) is 0. The van der Waals surface area contributed by atoms with Crippen molar-refractivity contribution >= 4 is 23.2 Å². The van der Waals surface area contributed by atoms with E-state index in [4.69, 9.17) is 0 Å². The molecule has 4 aliphatic carbocycles. The molecule has 0 aromatic heterocycles. The van der Waals surface area contributed by atoms with Gasteiger partial charge in [-0.05, 0) is 100 Å². The van der Waals surface area contributed by atoms with Crippen molar-refractivity contribution in [2.24, 2.45) is 45.7 Å². The summed E-state index contributed by atoms with van der Waals surface area (Å²) < 4.78 is 0. The first-order chi connectivity index (χ1) is 15.5. The summed E-state index contributed by atoms with van der Waals surface area (Å²) in [6.45, 7) is 4.05. The molecule has 0 heterocycles. The van der Waals surface area contributed by atoms with Crippen LogP contribution in [0.2, 0.25) is 0 Å². The summed E-state index contributed by atoms with van der Waals surface area (Å²) in [5.74, 6) is 3.74. The van der Waals surface area contributed by atoms with Crippen LogP contribution in [0.1, 0.15) is 85.9 Å². The highest BCUT2D eigenvalue weighted by Crippen LogP contribution is 2.49. The molecule has 4 saturated carbocycles. The van der Waals surface area contributed by atoms with Crippen LogP contribution in [0.3, 0.4) is 0 Å². The summed E-state index contributed by atoms with van der Waals surface area (Å²) in [4.78, 5) is 25.0. The molecule has 4 aliphatic rings. The number of nitrogens with zero attached hydrogens (tertiary/aromatic N) is 2. The molecule has 5 rings (SSSR count). The van der Waals surface area contributed by atoms with Crippen molar-refractivity contribution in [2.75, 3.05) is 0 Å². The van der Waals surface area contributed by atoms with Crippen molar-refractivity contribution in [2.45, 2.75) is 65.2 Å². The van der Waals surface area contributed by atoms with Crippen molar-refractivity contribution in [3.8, 4) is 0 Å². The van der Waals surface area contributed by atoms with E-state index in [2.05, 4.69) is 21.1 Å². The van der Waals surface area contributed by atoms with Gasteiger partial charge in [-0.15, -0.1) is 0 Å². The molecule has 1 aromatic carbocycles. The van der Waals surface area contributed by atoms with E-state index in [0.29, 0.717) is 23.0 Å². The first kappa shape index (κ1) is 21.4. The lowest BCUT2D eigenvalue weighted by Crippen LogP contribution is -2.25. The third-order valence-electron chi connectivity index (χ3n) is 8.63. The SMILES string of the molecule is C/C(=N\NC(=O)c1ccc(C(=O)N/N=C(\C)C2CC3CCC2C3)cc1)C1CC2CCC1C2. The molecule has 0 radical (unpaired) electrons. The van der Waals surface area contributed by atoms with E-state index in [9.17, 15) is 9.59 Å². The molecule has 170 valence electrons. The van der Waals surface area contributed by atoms with Gasteiger partial charge in [0.25, 0.3) is 11.8 Å². The van der Waals surface area contributed by atoms with Gasteiger partial charge in [-0.3, -0.25) is 9.59 Å². The Balaban J connectivity index is 1.14. The Hall–Kier alpha value is -2.50. The predicted molar refractivity (Wildman–Crippen MR) is 125 cm³/mol. The first-order valence-electron chi connectivity index (χ1n) is 12.3. The van der Waals surface area contributed by atoms with Crippen LogP contribution >= 0.6 is 0 Å². The quantitative estimate of drug-likeness (QED) is 0.499. The second-order valence-electron chi connectivity index (χ2n) is 10.5. The van der Waals surface area contributed by atoms with E-state index in [1.165, 1.54) is 51.4 Å². The normalized spacial score (nSPS) is 33.6. The molecule has 6 atom stereocenters. The van der Waals surface area contributed by atoms with Gasteiger partial charge in [-0.1, -0.05) is 12.8 Å². The van der Waals surface area contributed by atoms with E-state index in [0.717, 1.165) is 35.1 Å². The van der Waals surface area contributed by atoms with Crippen molar-refractivity contribution in [1.82, 2.24) is 10.9 Å². The van der Waals surface area contributed by atoms with Gasteiger partial charge in [0.1, 0.15) is 0 Å². The summed E-state index contributed by atoms with van der Waals surface area (Å²) in [6, 6.07) is 6.66. The lowest BCUT2D eigenvalue weighted by molar-refractivity contribution is 0.0942. The highest BCUT2D eigenvalue weighted by molar-refractivity contribution is 5.99. The van der Waals surface area contributed by atoms with E-state index in [1.54, 1.807) is 24.3 Å². The van der Waals surface area contributed by atoms with E-state index >= 15 is 0 Å². The van der Waals surface area contributed by atoms with Gasteiger partial charge in [0, 0.05) is 34.4 Å². The maximum absolute atomic E-state index is 12.5. The molecular formula is C26H34N4O2. The molecule has 2 amide bonds. The molecular weight excluding hydrogens is 400 g/mol. The Kier molecular flexibility index (Phi) is 5.87. The largest absolute Gasteiger partial charge is 0.271 e. The van der Waals surface area contributed by atoms with Crippen LogP contribution in [-0.2, 0) is 0 Å². The van der Waals surface area contributed by atoms with Crippen LogP contribution in [0.5, 0.6) is 0 Å². The minimum absolute atomic E-state index is 0.246.